The summed E-state index contributed by atoms with van der Waals surface area (Å²) >= 11 is 0. The molecule has 0 N–H and O–H groups in total. The molecular formula is C24H27N3O3. The van der Waals surface area contributed by atoms with Crippen LogP contribution in [-0.4, -0.2) is 46.0 Å². The van der Waals surface area contributed by atoms with Crippen molar-refractivity contribution in [3.05, 3.63) is 59.9 Å². The third-order valence-electron chi connectivity index (χ3n) is 5.42. The molecule has 0 atom stereocenters. The van der Waals surface area contributed by atoms with Crippen LogP contribution in [0.25, 0.3) is 16.7 Å². The summed E-state index contributed by atoms with van der Waals surface area (Å²) < 4.78 is 7.38. The molecule has 1 amide bonds. The van der Waals surface area contributed by atoms with Crippen LogP contribution < -0.4 is 0 Å². The second-order valence-corrected chi connectivity index (χ2v) is 7.89. The zero-order valence-electron chi connectivity index (χ0n) is 17.5. The van der Waals surface area contributed by atoms with Crippen molar-refractivity contribution in [2.24, 2.45) is 5.92 Å². The molecule has 1 aliphatic rings. The van der Waals surface area contributed by atoms with Gasteiger partial charge in [-0.1, -0.05) is 25.1 Å². The number of imidazole rings is 1. The van der Waals surface area contributed by atoms with Gasteiger partial charge in [0.1, 0.15) is 5.82 Å². The van der Waals surface area contributed by atoms with E-state index in [0.29, 0.717) is 18.0 Å². The highest BCUT2D eigenvalue weighted by Crippen LogP contribution is 2.29. The molecule has 30 heavy (non-hydrogen) atoms. The molecule has 6 nitrogen and oxygen atoms in total. The molecule has 3 aromatic rings. The zero-order chi connectivity index (χ0) is 21.1. The maximum atomic E-state index is 12.5. The number of aryl methyl sites for hydroxylation is 1. The Morgan fingerprint density at radius 2 is 1.93 bits per heavy atom. The molecule has 0 saturated heterocycles. The molecule has 6 heteroatoms. The number of carbonyl (C=O) groups is 2. The van der Waals surface area contributed by atoms with Gasteiger partial charge in [0.25, 0.3) is 5.91 Å². The van der Waals surface area contributed by atoms with E-state index in [2.05, 4.69) is 9.55 Å². The fourth-order valence-electron chi connectivity index (χ4n) is 3.73. The number of carbonyl (C=O) groups excluding carboxylic acids is 2. The van der Waals surface area contributed by atoms with E-state index in [9.17, 15) is 9.59 Å². The summed E-state index contributed by atoms with van der Waals surface area (Å²) in [7, 11) is 0. The summed E-state index contributed by atoms with van der Waals surface area (Å²) in [5.74, 6) is 0.830. The van der Waals surface area contributed by atoms with Crippen LogP contribution in [0, 0.1) is 12.8 Å². The Balaban J connectivity index is 1.46. The molecule has 156 valence electrons. The molecular weight excluding hydrogens is 378 g/mol. The number of hydrogen-bond donors (Lipinski definition) is 0. The van der Waals surface area contributed by atoms with Crippen LogP contribution >= 0.6 is 0 Å². The lowest BCUT2D eigenvalue weighted by Gasteiger charge is -2.21. The Bertz CT molecular complexity index is 1050. The topological polar surface area (TPSA) is 64.4 Å². The number of aromatic nitrogens is 2. The number of hydrogen-bond acceptors (Lipinski definition) is 4. The smallest absolute Gasteiger partial charge is 0.338 e. The second-order valence-electron chi connectivity index (χ2n) is 7.89. The molecule has 0 spiro atoms. The van der Waals surface area contributed by atoms with Gasteiger partial charge in [-0.15, -0.1) is 0 Å². The molecule has 1 aliphatic carbocycles. The Labute approximate surface area is 176 Å². The fraction of sp³-hybridized carbons (Fsp3) is 0.375. The van der Waals surface area contributed by atoms with Gasteiger partial charge >= 0.3 is 5.97 Å². The van der Waals surface area contributed by atoms with Crippen LogP contribution in [0.15, 0.2) is 48.5 Å². The molecule has 0 radical (unpaired) electrons. The van der Waals surface area contributed by atoms with Crippen molar-refractivity contribution in [2.75, 3.05) is 19.7 Å². The lowest BCUT2D eigenvalue weighted by molar-refractivity contribution is -0.134. The molecule has 0 unspecified atom stereocenters. The maximum absolute atomic E-state index is 12.5. The van der Waals surface area contributed by atoms with Gasteiger partial charge in [-0.3, -0.25) is 9.36 Å². The minimum absolute atomic E-state index is 0.123. The van der Waals surface area contributed by atoms with Crippen LogP contribution in [0.2, 0.25) is 0 Å². The number of rotatable bonds is 8. The van der Waals surface area contributed by atoms with Crippen molar-refractivity contribution in [2.45, 2.75) is 33.1 Å². The average Bonchev–Trinajstić information content (AvgIpc) is 3.51. The first kappa shape index (κ1) is 20.1. The molecule has 2 aromatic carbocycles. The number of amides is 1. The normalized spacial score (nSPS) is 13.4. The van der Waals surface area contributed by atoms with E-state index in [0.717, 1.165) is 35.5 Å². The lowest BCUT2D eigenvalue weighted by atomic mass is 10.2. The van der Waals surface area contributed by atoms with Crippen molar-refractivity contribution in [1.82, 2.24) is 14.5 Å². The summed E-state index contributed by atoms with van der Waals surface area (Å²) in [6, 6.07) is 15.3. The molecule has 0 aliphatic heterocycles. The SMILES string of the molecule is CCCN(CC1CC1)C(=O)COC(=O)c1ccc2c(c1)nc(C)n2-c1ccccc1. The van der Waals surface area contributed by atoms with Crippen molar-refractivity contribution in [3.63, 3.8) is 0 Å². The highest BCUT2D eigenvalue weighted by molar-refractivity contribution is 5.95. The fourth-order valence-corrected chi connectivity index (χ4v) is 3.73. The highest BCUT2D eigenvalue weighted by atomic mass is 16.5. The minimum Gasteiger partial charge on any atom is -0.452 e. The molecule has 4 rings (SSSR count). The predicted octanol–water partition coefficient (Wildman–Crippen LogP) is 4.14. The van der Waals surface area contributed by atoms with Crippen LogP contribution in [-0.2, 0) is 9.53 Å². The third-order valence-corrected chi connectivity index (χ3v) is 5.42. The average molecular weight is 405 g/mol. The molecule has 0 bridgehead atoms. The first-order valence-electron chi connectivity index (χ1n) is 10.6. The quantitative estimate of drug-likeness (QED) is 0.529. The van der Waals surface area contributed by atoms with E-state index in [4.69, 9.17) is 4.74 Å². The van der Waals surface area contributed by atoms with Gasteiger partial charge in [0, 0.05) is 18.8 Å². The Morgan fingerprint density at radius 3 is 2.63 bits per heavy atom. The largest absolute Gasteiger partial charge is 0.452 e. The van der Waals surface area contributed by atoms with Crippen LogP contribution in [0.1, 0.15) is 42.4 Å². The van der Waals surface area contributed by atoms with E-state index in [-0.39, 0.29) is 12.5 Å². The van der Waals surface area contributed by atoms with Crippen molar-refractivity contribution < 1.29 is 14.3 Å². The Kier molecular flexibility index (Phi) is 5.84. The van der Waals surface area contributed by atoms with Gasteiger partial charge in [-0.2, -0.15) is 0 Å². The summed E-state index contributed by atoms with van der Waals surface area (Å²) in [6.07, 6.45) is 3.26. The van der Waals surface area contributed by atoms with Crippen LogP contribution in [0.3, 0.4) is 0 Å². The second kappa shape index (κ2) is 8.69. The maximum Gasteiger partial charge on any atom is 0.338 e. The molecule has 1 heterocycles. The highest BCUT2D eigenvalue weighted by Gasteiger charge is 2.27. The lowest BCUT2D eigenvalue weighted by Crippen LogP contribution is -2.36. The summed E-state index contributed by atoms with van der Waals surface area (Å²) in [5.41, 5.74) is 3.06. The zero-order valence-corrected chi connectivity index (χ0v) is 17.5. The first-order chi connectivity index (χ1) is 14.6. The van der Waals surface area contributed by atoms with Crippen LogP contribution in [0.5, 0.6) is 0 Å². The van der Waals surface area contributed by atoms with E-state index < -0.39 is 5.97 Å². The number of fused-ring (bicyclic) bond motifs is 1. The van der Waals surface area contributed by atoms with Crippen molar-refractivity contribution in [1.29, 1.82) is 0 Å². The predicted molar refractivity (Wildman–Crippen MR) is 116 cm³/mol. The van der Waals surface area contributed by atoms with E-state index in [1.54, 1.807) is 12.1 Å². The van der Waals surface area contributed by atoms with E-state index >= 15 is 0 Å². The third kappa shape index (κ3) is 4.37. The summed E-state index contributed by atoms with van der Waals surface area (Å²) in [5, 5.41) is 0. The first-order valence-corrected chi connectivity index (χ1v) is 10.6. The van der Waals surface area contributed by atoms with Gasteiger partial charge in [0.05, 0.1) is 16.6 Å². The number of ether oxygens (including phenoxy) is 1. The minimum atomic E-state index is -0.500. The number of benzene rings is 2. The number of esters is 1. The van der Waals surface area contributed by atoms with Gasteiger partial charge in [0.15, 0.2) is 6.61 Å². The van der Waals surface area contributed by atoms with Crippen molar-refractivity contribution >= 4 is 22.9 Å². The van der Waals surface area contributed by atoms with Gasteiger partial charge < -0.3 is 9.64 Å². The number of nitrogens with zero attached hydrogens (tertiary/aromatic N) is 3. The van der Waals surface area contributed by atoms with Gasteiger partial charge in [0.2, 0.25) is 0 Å². The monoisotopic (exact) mass is 405 g/mol. The summed E-state index contributed by atoms with van der Waals surface area (Å²) in [4.78, 5) is 31.4. The standard InChI is InChI=1S/C24H27N3O3/c1-3-13-26(15-18-9-10-18)23(28)16-30-24(29)19-11-12-22-21(14-19)25-17(2)27(22)20-7-5-4-6-8-20/h4-8,11-12,14,18H,3,9-10,13,15-16H2,1-2H3. The van der Waals surface area contributed by atoms with E-state index in [1.807, 2.05) is 55.1 Å². The summed E-state index contributed by atoms with van der Waals surface area (Å²) in [6.45, 7) is 5.24. The van der Waals surface area contributed by atoms with E-state index in [1.165, 1.54) is 12.8 Å². The Morgan fingerprint density at radius 1 is 1.17 bits per heavy atom. The molecule has 1 saturated carbocycles. The molecule has 1 fully saturated rings. The molecule has 1 aromatic heterocycles. The van der Waals surface area contributed by atoms with Crippen LogP contribution in [0.4, 0.5) is 0 Å². The van der Waals surface area contributed by atoms with Gasteiger partial charge in [-0.05, 0) is 62.4 Å². The number of para-hydroxylation sites is 1. The van der Waals surface area contributed by atoms with Gasteiger partial charge in [-0.25, -0.2) is 9.78 Å². The van der Waals surface area contributed by atoms with Crippen molar-refractivity contribution in [3.8, 4) is 5.69 Å². The Hall–Kier alpha value is -3.15.